The average Bonchev–Trinajstić information content (AvgIpc) is 2.74. The summed E-state index contributed by atoms with van der Waals surface area (Å²) < 4.78 is 6.54. The van der Waals surface area contributed by atoms with Gasteiger partial charge >= 0.3 is 0 Å². The zero-order valence-corrected chi connectivity index (χ0v) is 12.3. The monoisotopic (exact) mass is 294 g/mol. The lowest BCUT2D eigenvalue weighted by Gasteiger charge is -2.02. The molecule has 0 amide bonds. The maximum Gasteiger partial charge on any atom is 0.233 e. The van der Waals surface area contributed by atoms with Crippen LogP contribution in [0.3, 0.4) is 0 Å². The van der Waals surface area contributed by atoms with Crippen LogP contribution in [0.25, 0.3) is 0 Å². The van der Waals surface area contributed by atoms with Gasteiger partial charge in [-0.25, -0.2) is 0 Å². The Labute approximate surface area is 121 Å². The molecule has 0 aromatic carbocycles. The standard InChI is InChI=1S/C13H15ClN4O2/c1-4-8-13(14)10(18(2)17-8)7-11(19)9-5-6-12(20-3)16-15-9/h5-6H,4,7H2,1-3H3. The maximum absolute atomic E-state index is 12.2. The van der Waals surface area contributed by atoms with Crippen LogP contribution in [0.1, 0.15) is 28.8 Å². The quantitative estimate of drug-likeness (QED) is 0.787. The number of rotatable bonds is 5. The second-order valence-electron chi connectivity index (χ2n) is 4.25. The van der Waals surface area contributed by atoms with Crippen molar-refractivity contribution in [2.45, 2.75) is 19.8 Å². The van der Waals surface area contributed by atoms with E-state index >= 15 is 0 Å². The summed E-state index contributed by atoms with van der Waals surface area (Å²) in [5, 5.41) is 12.4. The maximum atomic E-state index is 12.2. The van der Waals surface area contributed by atoms with Gasteiger partial charge in [-0.1, -0.05) is 18.5 Å². The second kappa shape index (κ2) is 6.00. The molecule has 0 aliphatic carbocycles. The molecule has 0 aliphatic rings. The van der Waals surface area contributed by atoms with Gasteiger partial charge in [-0.05, 0) is 12.5 Å². The number of methoxy groups -OCH3 is 1. The van der Waals surface area contributed by atoms with E-state index < -0.39 is 0 Å². The van der Waals surface area contributed by atoms with Crippen LogP contribution in [0.5, 0.6) is 5.88 Å². The predicted octanol–water partition coefficient (Wildman–Crippen LogP) is 1.86. The van der Waals surface area contributed by atoms with Crippen LogP contribution in [0.15, 0.2) is 12.1 Å². The summed E-state index contributed by atoms with van der Waals surface area (Å²) in [6, 6.07) is 3.18. The molecule has 6 nitrogen and oxygen atoms in total. The lowest BCUT2D eigenvalue weighted by Crippen LogP contribution is -2.10. The Morgan fingerprint density at radius 1 is 1.40 bits per heavy atom. The first-order valence-corrected chi connectivity index (χ1v) is 6.55. The molecule has 2 aromatic rings. The molecule has 2 rings (SSSR count). The van der Waals surface area contributed by atoms with Crippen LogP contribution in [-0.4, -0.2) is 32.9 Å². The van der Waals surface area contributed by atoms with Gasteiger partial charge in [0.25, 0.3) is 0 Å². The van der Waals surface area contributed by atoms with E-state index in [1.54, 1.807) is 23.9 Å². The molecule has 20 heavy (non-hydrogen) atoms. The highest BCUT2D eigenvalue weighted by Gasteiger charge is 2.18. The molecule has 2 heterocycles. The molecule has 7 heteroatoms. The molecule has 0 aliphatic heterocycles. The molecule has 2 aromatic heterocycles. The number of ketones is 1. The number of carbonyl (C=O) groups is 1. The van der Waals surface area contributed by atoms with Crippen molar-refractivity contribution in [2.24, 2.45) is 7.05 Å². The Hall–Kier alpha value is -1.95. The predicted molar refractivity (Wildman–Crippen MR) is 74.2 cm³/mol. The van der Waals surface area contributed by atoms with Crippen molar-refractivity contribution in [3.05, 3.63) is 34.2 Å². The highest BCUT2D eigenvalue weighted by Crippen LogP contribution is 2.22. The SMILES string of the molecule is CCc1nn(C)c(CC(=O)c2ccc(OC)nn2)c1Cl. The van der Waals surface area contributed by atoms with Crippen molar-refractivity contribution in [1.82, 2.24) is 20.0 Å². The van der Waals surface area contributed by atoms with E-state index in [9.17, 15) is 4.79 Å². The summed E-state index contributed by atoms with van der Waals surface area (Å²) in [6.45, 7) is 1.97. The minimum Gasteiger partial charge on any atom is -0.480 e. The fourth-order valence-electron chi connectivity index (χ4n) is 1.83. The highest BCUT2D eigenvalue weighted by atomic mass is 35.5. The molecule has 0 saturated carbocycles. The minimum atomic E-state index is -0.160. The number of hydrogen-bond donors (Lipinski definition) is 0. The molecule has 0 N–H and O–H groups in total. The molecule has 0 atom stereocenters. The largest absolute Gasteiger partial charge is 0.480 e. The third-order valence-electron chi connectivity index (χ3n) is 2.97. The van der Waals surface area contributed by atoms with E-state index in [0.717, 1.165) is 12.1 Å². The van der Waals surface area contributed by atoms with Crippen LogP contribution in [0, 0.1) is 0 Å². The topological polar surface area (TPSA) is 69.9 Å². The number of aromatic nitrogens is 4. The van der Waals surface area contributed by atoms with Gasteiger partial charge in [-0.15, -0.1) is 10.2 Å². The van der Waals surface area contributed by atoms with Crippen LogP contribution in [0.4, 0.5) is 0 Å². The van der Waals surface area contributed by atoms with E-state index in [4.69, 9.17) is 16.3 Å². The lowest BCUT2D eigenvalue weighted by atomic mass is 10.1. The summed E-state index contributed by atoms with van der Waals surface area (Å²) in [7, 11) is 3.26. The molecule has 0 spiro atoms. The lowest BCUT2D eigenvalue weighted by molar-refractivity contribution is 0.0985. The molecule has 0 bridgehead atoms. The van der Waals surface area contributed by atoms with Gasteiger partial charge in [0.05, 0.1) is 29.9 Å². The van der Waals surface area contributed by atoms with E-state index in [1.807, 2.05) is 6.92 Å². The van der Waals surface area contributed by atoms with E-state index in [2.05, 4.69) is 15.3 Å². The van der Waals surface area contributed by atoms with Gasteiger partial charge in [0.1, 0.15) is 5.69 Å². The van der Waals surface area contributed by atoms with E-state index in [1.165, 1.54) is 7.11 Å². The average molecular weight is 295 g/mol. The van der Waals surface area contributed by atoms with Crippen molar-refractivity contribution >= 4 is 17.4 Å². The number of aryl methyl sites for hydroxylation is 2. The summed E-state index contributed by atoms with van der Waals surface area (Å²) in [4.78, 5) is 12.2. The van der Waals surface area contributed by atoms with Crippen LogP contribution < -0.4 is 4.74 Å². The first kappa shape index (κ1) is 14.5. The Bertz CT molecular complexity index is 622. The second-order valence-corrected chi connectivity index (χ2v) is 4.62. The van der Waals surface area contributed by atoms with Gasteiger partial charge in [0.2, 0.25) is 5.88 Å². The zero-order valence-electron chi connectivity index (χ0n) is 11.6. The van der Waals surface area contributed by atoms with Gasteiger partial charge < -0.3 is 4.74 Å². The number of ether oxygens (including phenoxy) is 1. The van der Waals surface area contributed by atoms with Crippen LogP contribution in [-0.2, 0) is 19.9 Å². The summed E-state index contributed by atoms with van der Waals surface area (Å²) in [6.07, 6.45) is 0.868. The van der Waals surface area contributed by atoms with Crippen molar-refractivity contribution in [2.75, 3.05) is 7.11 Å². The molecule has 0 saturated heterocycles. The van der Waals surface area contributed by atoms with Gasteiger partial charge in [-0.2, -0.15) is 5.10 Å². The van der Waals surface area contributed by atoms with Gasteiger partial charge in [0, 0.05) is 13.1 Å². The van der Waals surface area contributed by atoms with Gasteiger partial charge in [0.15, 0.2) is 5.78 Å². The summed E-state index contributed by atoms with van der Waals surface area (Å²) >= 11 is 6.22. The highest BCUT2D eigenvalue weighted by molar-refractivity contribution is 6.32. The fourth-order valence-corrected chi connectivity index (χ4v) is 2.19. The molecule has 106 valence electrons. The van der Waals surface area contributed by atoms with Crippen molar-refractivity contribution in [3.63, 3.8) is 0 Å². The number of carbonyl (C=O) groups excluding carboxylic acids is 1. The molecular weight excluding hydrogens is 280 g/mol. The van der Waals surface area contributed by atoms with Crippen LogP contribution in [0.2, 0.25) is 5.02 Å². The molecular formula is C13H15ClN4O2. The normalized spacial score (nSPS) is 10.6. The third-order valence-corrected chi connectivity index (χ3v) is 3.40. The van der Waals surface area contributed by atoms with Crippen LogP contribution >= 0.6 is 11.6 Å². The Morgan fingerprint density at radius 2 is 2.15 bits per heavy atom. The number of Topliss-reactive ketones (excluding diaryl/α,β-unsaturated/α-hetero) is 1. The molecule has 0 unspecified atom stereocenters. The van der Waals surface area contributed by atoms with Gasteiger partial charge in [-0.3, -0.25) is 9.48 Å². The fraction of sp³-hybridized carbons (Fsp3) is 0.385. The number of halogens is 1. The van der Waals surface area contributed by atoms with Crippen molar-refractivity contribution in [1.29, 1.82) is 0 Å². The zero-order chi connectivity index (χ0) is 14.7. The van der Waals surface area contributed by atoms with Crippen molar-refractivity contribution < 1.29 is 9.53 Å². The Kier molecular flexibility index (Phi) is 4.34. The third kappa shape index (κ3) is 2.80. The van der Waals surface area contributed by atoms with E-state index in [-0.39, 0.29) is 17.9 Å². The summed E-state index contributed by atoms with van der Waals surface area (Å²) in [5.41, 5.74) is 1.75. The van der Waals surface area contributed by atoms with E-state index in [0.29, 0.717) is 16.6 Å². The minimum absolute atomic E-state index is 0.142. The Balaban J connectivity index is 2.20. The van der Waals surface area contributed by atoms with Crippen molar-refractivity contribution in [3.8, 4) is 5.88 Å². The molecule has 0 radical (unpaired) electrons. The molecule has 0 fully saturated rings. The first-order chi connectivity index (χ1) is 9.56. The summed E-state index contributed by atoms with van der Waals surface area (Å²) in [5.74, 6) is 0.209. The Morgan fingerprint density at radius 3 is 2.65 bits per heavy atom. The smallest absolute Gasteiger partial charge is 0.233 e. The number of nitrogens with zero attached hydrogens (tertiary/aromatic N) is 4. The number of hydrogen-bond acceptors (Lipinski definition) is 5. The first-order valence-electron chi connectivity index (χ1n) is 6.18.